The van der Waals surface area contributed by atoms with Gasteiger partial charge >= 0.3 is 0 Å². The molecule has 1 N–H and O–H groups in total. The molecule has 142 valence electrons. The summed E-state index contributed by atoms with van der Waals surface area (Å²) >= 11 is 0. The molecular weight excluding hydrogens is 346 g/mol. The van der Waals surface area contributed by atoms with Gasteiger partial charge in [-0.05, 0) is 53.8 Å². The zero-order valence-electron chi connectivity index (χ0n) is 16.1. The number of pyridine rings is 1. The number of carbonyl (C=O) groups is 1. The minimum absolute atomic E-state index is 0.104. The Balaban J connectivity index is 1.41. The van der Waals surface area contributed by atoms with E-state index in [2.05, 4.69) is 53.6 Å². The number of nitrogens with zero attached hydrogens (tertiary/aromatic N) is 2. The number of hydrogen-bond acceptors (Lipinski definition) is 3. The summed E-state index contributed by atoms with van der Waals surface area (Å²) in [5.41, 5.74) is 4.67. The SMILES string of the molecule is CC(NC1CCN(Cc2ccccc2)C1=O)c1cccc(-c2ccncc2)c1. The second kappa shape index (κ2) is 8.36. The molecule has 1 aromatic heterocycles. The van der Waals surface area contributed by atoms with E-state index in [0.717, 1.165) is 24.1 Å². The first-order valence-corrected chi connectivity index (χ1v) is 9.80. The van der Waals surface area contributed by atoms with Crippen LogP contribution < -0.4 is 5.32 Å². The summed E-state index contributed by atoms with van der Waals surface area (Å²) in [6.07, 6.45) is 4.46. The van der Waals surface area contributed by atoms with E-state index in [-0.39, 0.29) is 18.0 Å². The lowest BCUT2D eigenvalue weighted by atomic mass is 10.0. The fraction of sp³-hybridized carbons (Fsp3) is 0.250. The van der Waals surface area contributed by atoms with Crippen molar-refractivity contribution in [3.63, 3.8) is 0 Å². The highest BCUT2D eigenvalue weighted by atomic mass is 16.2. The molecule has 0 spiro atoms. The Morgan fingerprint density at radius 3 is 2.61 bits per heavy atom. The van der Waals surface area contributed by atoms with E-state index in [0.29, 0.717) is 6.54 Å². The van der Waals surface area contributed by atoms with Crippen LogP contribution in [0, 0.1) is 0 Å². The standard InChI is InChI=1S/C24H25N3O/c1-18(21-8-5-9-22(16-21)20-10-13-25-14-11-20)26-23-12-15-27(24(23)28)17-19-6-3-2-4-7-19/h2-11,13-14,16,18,23,26H,12,15,17H2,1H3. The average Bonchev–Trinajstić information content (AvgIpc) is 3.09. The monoisotopic (exact) mass is 371 g/mol. The van der Waals surface area contributed by atoms with E-state index in [1.165, 1.54) is 11.1 Å². The Morgan fingerprint density at radius 1 is 1.04 bits per heavy atom. The molecular formula is C24H25N3O. The van der Waals surface area contributed by atoms with Crippen LogP contribution in [0.15, 0.2) is 79.1 Å². The molecule has 1 fully saturated rings. The van der Waals surface area contributed by atoms with Gasteiger partial charge in [0, 0.05) is 31.5 Å². The van der Waals surface area contributed by atoms with Crippen LogP contribution in [-0.4, -0.2) is 28.4 Å². The van der Waals surface area contributed by atoms with Crippen molar-refractivity contribution in [2.75, 3.05) is 6.54 Å². The number of aromatic nitrogens is 1. The summed E-state index contributed by atoms with van der Waals surface area (Å²) < 4.78 is 0. The lowest BCUT2D eigenvalue weighted by Crippen LogP contribution is -2.39. The van der Waals surface area contributed by atoms with Crippen LogP contribution in [0.25, 0.3) is 11.1 Å². The number of carbonyl (C=O) groups excluding carboxylic acids is 1. The molecule has 4 nitrogen and oxygen atoms in total. The quantitative estimate of drug-likeness (QED) is 0.706. The Bertz CT molecular complexity index is 927. The molecule has 2 atom stereocenters. The molecule has 0 saturated carbocycles. The Hall–Kier alpha value is -2.98. The molecule has 4 heteroatoms. The van der Waals surface area contributed by atoms with Crippen molar-refractivity contribution in [2.24, 2.45) is 0 Å². The zero-order valence-corrected chi connectivity index (χ0v) is 16.1. The van der Waals surface area contributed by atoms with Crippen LogP contribution >= 0.6 is 0 Å². The van der Waals surface area contributed by atoms with Crippen molar-refractivity contribution in [3.05, 3.63) is 90.3 Å². The van der Waals surface area contributed by atoms with Crippen molar-refractivity contribution in [1.82, 2.24) is 15.2 Å². The molecule has 1 amide bonds. The number of benzene rings is 2. The summed E-state index contributed by atoms with van der Waals surface area (Å²) in [5.74, 6) is 0.195. The number of rotatable bonds is 6. The van der Waals surface area contributed by atoms with Crippen LogP contribution in [0.4, 0.5) is 0 Å². The maximum atomic E-state index is 12.8. The molecule has 3 aromatic rings. The largest absolute Gasteiger partial charge is 0.337 e. The average molecular weight is 371 g/mol. The number of likely N-dealkylation sites (tertiary alicyclic amines) is 1. The zero-order chi connectivity index (χ0) is 19.3. The number of hydrogen-bond donors (Lipinski definition) is 1. The maximum absolute atomic E-state index is 12.8. The van der Waals surface area contributed by atoms with E-state index >= 15 is 0 Å². The highest BCUT2D eigenvalue weighted by Gasteiger charge is 2.32. The van der Waals surface area contributed by atoms with Crippen LogP contribution in [0.2, 0.25) is 0 Å². The molecule has 1 saturated heterocycles. The molecule has 1 aliphatic heterocycles. The van der Waals surface area contributed by atoms with E-state index in [9.17, 15) is 4.79 Å². The van der Waals surface area contributed by atoms with Crippen molar-refractivity contribution in [1.29, 1.82) is 0 Å². The first-order valence-electron chi connectivity index (χ1n) is 9.80. The van der Waals surface area contributed by atoms with Crippen molar-refractivity contribution < 1.29 is 4.79 Å². The Kier molecular flexibility index (Phi) is 5.49. The second-order valence-corrected chi connectivity index (χ2v) is 7.34. The minimum Gasteiger partial charge on any atom is -0.337 e. The fourth-order valence-electron chi connectivity index (χ4n) is 3.78. The van der Waals surface area contributed by atoms with Crippen LogP contribution in [0.3, 0.4) is 0 Å². The molecule has 0 bridgehead atoms. The van der Waals surface area contributed by atoms with Gasteiger partial charge in [0.05, 0.1) is 6.04 Å². The lowest BCUT2D eigenvalue weighted by Gasteiger charge is -2.21. The van der Waals surface area contributed by atoms with Gasteiger partial charge < -0.3 is 4.90 Å². The minimum atomic E-state index is -0.122. The van der Waals surface area contributed by atoms with Gasteiger partial charge in [-0.1, -0.05) is 48.5 Å². The first-order chi connectivity index (χ1) is 13.7. The molecule has 2 heterocycles. The normalized spacial score (nSPS) is 17.7. The fourth-order valence-corrected chi connectivity index (χ4v) is 3.78. The lowest BCUT2D eigenvalue weighted by molar-refractivity contribution is -0.130. The predicted molar refractivity (Wildman–Crippen MR) is 111 cm³/mol. The van der Waals surface area contributed by atoms with Gasteiger partial charge in [0.25, 0.3) is 0 Å². The summed E-state index contributed by atoms with van der Waals surface area (Å²) in [5, 5.41) is 3.54. The molecule has 0 radical (unpaired) electrons. The summed E-state index contributed by atoms with van der Waals surface area (Å²) in [4.78, 5) is 18.9. The van der Waals surface area contributed by atoms with Gasteiger partial charge in [0.15, 0.2) is 0 Å². The third kappa shape index (κ3) is 4.12. The molecule has 4 rings (SSSR count). The van der Waals surface area contributed by atoms with Crippen molar-refractivity contribution >= 4 is 5.91 Å². The van der Waals surface area contributed by atoms with Gasteiger partial charge in [-0.3, -0.25) is 15.1 Å². The highest BCUT2D eigenvalue weighted by Crippen LogP contribution is 2.24. The second-order valence-electron chi connectivity index (χ2n) is 7.34. The van der Waals surface area contributed by atoms with Crippen molar-refractivity contribution in [2.45, 2.75) is 32.0 Å². The van der Waals surface area contributed by atoms with Crippen LogP contribution in [0.5, 0.6) is 0 Å². The number of nitrogens with one attached hydrogen (secondary N) is 1. The third-order valence-corrected chi connectivity index (χ3v) is 5.37. The molecule has 28 heavy (non-hydrogen) atoms. The summed E-state index contributed by atoms with van der Waals surface area (Å²) in [6.45, 7) is 3.61. The van der Waals surface area contributed by atoms with Gasteiger partial charge in [0.2, 0.25) is 5.91 Å². The highest BCUT2D eigenvalue weighted by molar-refractivity contribution is 5.84. The third-order valence-electron chi connectivity index (χ3n) is 5.37. The van der Waals surface area contributed by atoms with Gasteiger partial charge in [-0.15, -0.1) is 0 Å². The summed E-state index contributed by atoms with van der Waals surface area (Å²) in [6, 6.07) is 22.7. The first kappa shape index (κ1) is 18.4. The van der Waals surface area contributed by atoms with Gasteiger partial charge in [-0.25, -0.2) is 0 Å². The molecule has 2 unspecified atom stereocenters. The van der Waals surface area contributed by atoms with E-state index in [1.54, 1.807) is 0 Å². The predicted octanol–water partition coefficient (Wildman–Crippen LogP) is 4.20. The van der Waals surface area contributed by atoms with Gasteiger partial charge in [0.1, 0.15) is 0 Å². The molecule has 0 aliphatic carbocycles. The summed E-state index contributed by atoms with van der Waals surface area (Å²) in [7, 11) is 0. The molecule has 1 aliphatic rings. The Labute approximate surface area is 166 Å². The molecule has 2 aromatic carbocycles. The van der Waals surface area contributed by atoms with Crippen LogP contribution in [-0.2, 0) is 11.3 Å². The maximum Gasteiger partial charge on any atom is 0.240 e. The van der Waals surface area contributed by atoms with Crippen molar-refractivity contribution in [3.8, 4) is 11.1 Å². The topological polar surface area (TPSA) is 45.2 Å². The van der Waals surface area contributed by atoms with Gasteiger partial charge in [-0.2, -0.15) is 0 Å². The smallest absolute Gasteiger partial charge is 0.240 e. The van der Waals surface area contributed by atoms with E-state index < -0.39 is 0 Å². The van der Waals surface area contributed by atoms with E-state index in [4.69, 9.17) is 0 Å². The Morgan fingerprint density at radius 2 is 1.82 bits per heavy atom. The van der Waals surface area contributed by atoms with Crippen LogP contribution in [0.1, 0.15) is 30.5 Å². The number of amides is 1. The van der Waals surface area contributed by atoms with E-state index in [1.807, 2.05) is 47.6 Å².